The first kappa shape index (κ1) is 25.3. The molecule has 8 heteroatoms. The number of ether oxygens (including phenoxy) is 1. The first-order valence-electron chi connectivity index (χ1n) is 12.2. The van der Waals surface area contributed by atoms with Crippen LogP contribution in [0.5, 0.6) is 0 Å². The number of hydrogen-bond donors (Lipinski definition) is 2. The number of benzene rings is 1. The topological polar surface area (TPSA) is 97.0 Å². The minimum Gasteiger partial charge on any atom is -0.379 e. The molecule has 1 aliphatic carbocycles. The second kappa shape index (κ2) is 14.1. The highest BCUT2D eigenvalue weighted by Crippen LogP contribution is 2.29. The van der Waals surface area contributed by atoms with Crippen molar-refractivity contribution in [2.75, 3.05) is 39.4 Å². The molecular weight excluding hydrogens is 422 g/mol. The number of carbonyl (C=O) groups excluding carboxylic acids is 3. The lowest BCUT2D eigenvalue weighted by molar-refractivity contribution is -0.136. The van der Waals surface area contributed by atoms with Gasteiger partial charge in [-0.1, -0.05) is 62.4 Å². The summed E-state index contributed by atoms with van der Waals surface area (Å²) in [6.07, 6.45) is 6.41. The molecule has 8 nitrogen and oxygen atoms in total. The van der Waals surface area contributed by atoms with Gasteiger partial charge >= 0.3 is 0 Å². The summed E-state index contributed by atoms with van der Waals surface area (Å²) < 4.78 is 5.36. The van der Waals surface area contributed by atoms with Gasteiger partial charge in [0.05, 0.1) is 32.3 Å². The van der Waals surface area contributed by atoms with Gasteiger partial charge in [0.15, 0.2) is 5.78 Å². The third-order valence-electron chi connectivity index (χ3n) is 6.40. The van der Waals surface area contributed by atoms with E-state index in [0.29, 0.717) is 38.6 Å². The molecule has 2 amide bonds. The van der Waals surface area contributed by atoms with Crippen molar-refractivity contribution in [3.63, 3.8) is 0 Å². The van der Waals surface area contributed by atoms with E-state index in [1.165, 1.54) is 19.3 Å². The summed E-state index contributed by atoms with van der Waals surface area (Å²) in [5, 5.41) is 2.81. The van der Waals surface area contributed by atoms with Gasteiger partial charge in [-0.3, -0.25) is 24.1 Å². The van der Waals surface area contributed by atoms with Gasteiger partial charge in [0, 0.05) is 26.1 Å². The molecular formula is C25H37N3O5. The molecule has 0 bridgehead atoms. The summed E-state index contributed by atoms with van der Waals surface area (Å²) in [5.41, 5.74) is 3.36. The highest BCUT2D eigenvalue weighted by molar-refractivity contribution is 6.02. The van der Waals surface area contributed by atoms with Crippen LogP contribution in [0.3, 0.4) is 0 Å². The second-order valence-corrected chi connectivity index (χ2v) is 8.99. The first-order chi connectivity index (χ1) is 16.1. The number of nitrogens with zero attached hydrogens (tertiary/aromatic N) is 1. The van der Waals surface area contributed by atoms with Gasteiger partial charge in [-0.15, -0.1) is 0 Å². The smallest absolute Gasteiger partial charge is 0.245 e. The maximum atomic E-state index is 13.1. The van der Waals surface area contributed by atoms with Crippen LogP contribution in [0.25, 0.3) is 0 Å². The van der Waals surface area contributed by atoms with E-state index in [0.717, 1.165) is 18.4 Å². The fourth-order valence-corrected chi connectivity index (χ4v) is 4.48. The van der Waals surface area contributed by atoms with Crippen molar-refractivity contribution in [2.24, 2.45) is 11.8 Å². The molecule has 1 saturated heterocycles. The van der Waals surface area contributed by atoms with Crippen LogP contribution >= 0.6 is 0 Å². The Hall–Kier alpha value is -2.29. The fourth-order valence-electron chi connectivity index (χ4n) is 4.48. The highest BCUT2D eigenvalue weighted by Gasteiger charge is 2.31. The van der Waals surface area contributed by atoms with E-state index in [-0.39, 0.29) is 43.7 Å². The quantitative estimate of drug-likeness (QED) is 0.368. The number of carbonyl (C=O) groups is 3. The molecule has 1 saturated carbocycles. The van der Waals surface area contributed by atoms with Crippen molar-refractivity contribution in [1.29, 1.82) is 0 Å². The predicted octanol–water partition coefficient (Wildman–Crippen LogP) is 2.23. The molecule has 1 aromatic rings. The zero-order chi connectivity index (χ0) is 23.3. The highest BCUT2D eigenvalue weighted by atomic mass is 16.6. The van der Waals surface area contributed by atoms with Crippen LogP contribution < -0.4 is 10.8 Å². The largest absolute Gasteiger partial charge is 0.379 e. The first-order valence-corrected chi connectivity index (χ1v) is 12.2. The normalized spacial score (nSPS) is 18.4. The third kappa shape index (κ3) is 9.23. The maximum Gasteiger partial charge on any atom is 0.245 e. The number of ketones is 1. The molecule has 2 N–H and O–H groups in total. The van der Waals surface area contributed by atoms with Gasteiger partial charge in [-0.2, -0.15) is 0 Å². The SMILES string of the molecule is O=C(CCNC(=O)C(CC1CCCCC1)C(=O)CN1CCOCC1)NOCc1ccccc1. The molecule has 1 aromatic carbocycles. The number of hydroxylamine groups is 1. The standard InChI is InChI=1S/C25H37N3O5/c29-23(18-28-13-15-32-16-14-28)22(17-20-7-3-1-4-8-20)25(31)26-12-11-24(30)27-33-19-21-9-5-2-6-10-21/h2,5-6,9-10,20,22H,1,3-4,7-8,11-19H2,(H,26,31)(H,27,30). The summed E-state index contributed by atoms with van der Waals surface area (Å²) in [4.78, 5) is 45.3. The van der Waals surface area contributed by atoms with Crippen LogP contribution in [0.2, 0.25) is 0 Å². The molecule has 1 atom stereocenters. The van der Waals surface area contributed by atoms with Crippen molar-refractivity contribution in [1.82, 2.24) is 15.7 Å². The van der Waals surface area contributed by atoms with Gasteiger partial charge < -0.3 is 10.1 Å². The summed E-state index contributed by atoms with van der Waals surface area (Å²) in [6.45, 7) is 3.40. The monoisotopic (exact) mass is 459 g/mol. The number of hydrogen-bond acceptors (Lipinski definition) is 6. The lowest BCUT2D eigenvalue weighted by atomic mass is 9.81. The second-order valence-electron chi connectivity index (χ2n) is 8.99. The molecule has 1 heterocycles. The van der Waals surface area contributed by atoms with Crippen LogP contribution in [-0.2, 0) is 30.6 Å². The molecule has 0 aromatic heterocycles. The molecule has 2 fully saturated rings. The Labute approximate surface area is 196 Å². The summed E-state index contributed by atoms with van der Waals surface area (Å²) >= 11 is 0. The average Bonchev–Trinajstić information content (AvgIpc) is 2.84. The van der Waals surface area contributed by atoms with Gasteiger partial charge in [0.25, 0.3) is 0 Å². The minimum absolute atomic E-state index is 0.0318. The van der Waals surface area contributed by atoms with E-state index in [1.807, 2.05) is 30.3 Å². The third-order valence-corrected chi connectivity index (χ3v) is 6.40. The van der Waals surface area contributed by atoms with Gasteiger partial charge in [0.1, 0.15) is 0 Å². The van der Waals surface area contributed by atoms with E-state index in [4.69, 9.17) is 9.57 Å². The number of nitrogens with one attached hydrogen (secondary N) is 2. The maximum absolute atomic E-state index is 13.1. The Morgan fingerprint density at radius 2 is 1.79 bits per heavy atom. The van der Waals surface area contributed by atoms with E-state index in [2.05, 4.69) is 15.7 Å². The zero-order valence-electron chi connectivity index (χ0n) is 19.4. The average molecular weight is 460 g/mol. The Balaban J connectivity index is 1.43. The fraction of sp³-hybridized carbons (Fsp3) is 0.640. The van der Waals surface area contributed by atoms with Crippen LogP contribution in [0.4, 0.5) is 0 Å². The molecule has 2 aliphatic rings. The zero-order valence-corrected chi connectivity index (χ0v) is 19.4. The van der Waals surface area contributed by atoms with Gasteiger partial charge in [0.2, 0.25) is 11.8 Å². The Bertz CT molecular complexity index is 746. The Morgan fingerprint density at radius 3 is 2.52 bits per heavy atom. The molecule has 33 heavy (non-hydrogen) atoms. The van der Waals surface area contributed by atoms with Gasteiger partial charge in [-0.05, 0) is 17.9 Å². The van der Waals surface area contributed by atoms with E-state index in [1.54, 1.807) is 0 Å². The molecule has 182 valence electrons. The summed E-state index contributed by atoms with van der Waals surface area (Å²) in [7, 11) is 0. The van der Waals surface area contributed by atoms with Crippen molar-refractivity contribution >= 4 is 17.6 Å². The van der Waals surface area contributed by atoms with Crippen molar-refractivity contribution < 1.29 is 24.0 Å². The predicted molar refractivity (Wildman–Crippen MR) is 124 cm³/mol. The van der Waals surface area contributed by atoms with Crippen LogP contribution in [0.1, 0.15) is 50.5 Å². The minimum atomic E-state index is -0.659. The van der Waals surface area contributed by atoms with Crippen molar-refractivity contribution in [3.8, 4) is 0 Å². The molecule has 1 unspecified atom stereocenters. The number of morpholine rings is 1. The molecule has 1 aliphatic heterocycles. The molecule has 3 rings (SSSR count). The van der Waals surface area contributed by atoms with E-state index >= 15 is 0 Å². The van der Waals surface area contributed by atoms with Crippen molar-refractivity contribution in [3.05, 3.63) is 35.9 Å². The van der Waals surface area contributed by atoms with E-state index in [9.17, 15) is 14.4 Å². The van der Waals surface area contributed by atoms with Crippen LogP contribution in [0, 0.1) is 11.8 Å². The number of Topliss-reactive ketones (excluding diaryl/α,β-unsaturated/α-hetero) is 1. The molecule has 0 spiro atoms. The lowest BCUT2D eigenvalue weighted by Crippen LogP contribution is -2.45. The van der Waals surface area contributed by atoms with E-state index < -0.39 is 5.92 Å². The Morgan fingerprint density at radius 1 is 1.06 bits per heavy atom. The number of amides is 2. The molecule has 0 radical (unpaired) electrons. The number of rotatable bonds is 12. The Kier molecular flexibility index (Phi) is 10.8. The van der Waals surface area contributed by atoms with Gasteiger partial charge in [-0.25, -0.2) is 5.48 Å². The van der Waals surface area contributed by atoms with Crippen LogP contribution in [0.15, 0.2) is 30.3 Å². The van der Waals surface area contributed by atoms with Crippen molar-refractivity contribution in [2.45, 2.75) is 51.6 Å². The van der Waals surface area contributed by atoms with Crippen LogP contribution in [-0.4, -0.2) is 61.9 Å². The summed E-state index contributed by atoms with van der Waals surface area (Å²) in [5.74, 6) is -0.853. The summed E-state index contributed by atoms with van der Waals surface area (Å²) in [6, 6.07) is 9.54. The lowest BCUT2D eigenvalue weighted by Gasteiger charge is -2.29.